The average Bonchev–Trinajstić information content (AvgIpc) is 3.22. The van der Waals surface area contributed by atoms with Crippen LogP contribution in [0, 0.1) is 13.8 Å². The SMILES string of the molecule is COc1ccc(CCNC(=O)c2c(-c3cn(C)nc3C)noc2C)cc1OC. The molecule has 0 bridgehead atoms. The van der Waals surface area contributed by atoms with Crippen LogP contribution in [0.3, 0.4) is 0 Å². The van der Waals surface area contributed by atoms with Gasteiger partial charge in [-0.2, -0.15) is 5.10 Å². The highest BCUT2D eigenvalue weighted by atomic mass is 16.5. The lowest BCUT2D eigenvalue weighted by Crippen LogP contribution is -2.26. The molecule has 3 rings (SSSR count). The number of rotatable bonds is 7. The Hall–Kier alpha value is -3.29. The number of hydrogen-bond donors (Lipinski definition) is 1. The number of aromatic nitrogens is 3. The Balaban J connectivity index is 1.71. The zero-order valence-electron chi connectivity index (χ0n) is 16.7. The molecule has 0 atom stereocenters. The normalized spacial score (nSPS) is 10.8. The summed E-state index contributed by atoms with van der Waals surface area (Å²) < 4.78 is 17.5. The molecular formula is C20H24N4O4. The monoisotopic (exact) mass is 384 g/mol. The molecule has 1 aromatic carbocycles. The lowest BCUT2D eigenvalue weighted by molar-refractivity contribution is 0.0953. The molecule has 0 aliphatic heterocycles. The molecule has 8 nitrogen and oxygen atoms in total. The number of benzene rings is 1. The molecule has 0 aliphatic rings. The van der Waals surface area contributed by atoms with Gasteiger partial charge in [0.25, 0.3) is 5.91 Å². The second kappa shape index (κ2) is 8.16. The highest BCUT2D eigenvalue weighted by molar-refractivity contribution is 6.00. The van der Waals surface area contributed by atoms with Gasteiger partial charge in [-0.15, -0.1) is 0 Å². The number of methoxy groups -OCH3 is 2. The predicted molar refractivity (Wildman–Crippen MR) is 104 cm³/mol. The summed E-state index contributed by atoms with van der Waals surface area (Å²) in [6.07, 6.45) is 2.48. The van der Waals surface area contributed by atoms with Crippen LogP contribution in [0.25, 0.3) is 11.3 Å². The van der Waals surface area contributed by atoms with Crippen LogP contribution in [0.5, 0.6) is 11.5 Å². The summed E-state index contributed by atoms with van der Waals surface area (Å²) in [5.41, 5.74) is 3.54. The standard InChI is InChI=1S/C20H24N4O4/c1-12-15(11-24(3)22-12)19-18(13(2)28-23-19)20(25)21-9-8-14-6-7-16(26-4)17(10-14)27-5/h6-7,10-11H,8-9H2,1-5H3,(H,21,25). The molecule has 2 heterocycles. The van der Waals surface area contributed by atoms with Crippen molar-refractivity contribution in [1.29, 1.82) is 0 Å². The number of carbonyl (C=O) groups excluding carboxylic acids is 1. The van der Waals surface area contributed by atoms with Crippen molar-refractivity contribution in [3.63, 3.8) is 0 Å². The van der Waals surface area contributed by atoms with Gasteiger partial charge < -0.3 is 19.3 Å². The van der Waals surface area contributed by atoms with E-state index in [2.05, 4.69) is 15.6 Å². The minimum absolute atomic E-state index is 0.225. The molecule has 0 saturated heterocycles. The molecule has 0 radical (unpaired) electrons. The third-order valence-corrected chi connectivity index (χ3v) is 4.51. The first-order valence-corrected chi connectivity index (χ1v) is 8.90. The van der Waals surface area contributed by atoms with Crippen molar-refractivity contribution in [2.75, 3.05) is 20.8 Å². The van der Waals surface area contributed by atoms with Gasteiger partial charge in [-0.1, -0.05) is 11.2 Å². The molecule has 1 N–H and O–H groups in total. The molecule has 3 aromatic rings. The van der Waals surface area contributed by atoms with Crippen LogP contribution < -0.4 is 14.8 Å². The fourth-order valence-corrected chi connectivity index (χ4v) is 3.10. The quantitative estimate of drug-likeness (QED) is 0.673. The zero-order valence-corrected chi connectivity index (χ0v) is 16.7. The minimum Gasteiger partial charge on any atom is -0.493 e. The van der Waals surface area contributed by atoms with Crippen molar-refractivity contribution in [2.45, 2.75) is 20.3 Å². The third-order valence-electron chi connectivity index (χ3n) is 4.51. The van der Waals surface area contributed by atoms with E-state index in [0.29, 0.717) is 41.5 Å². The summed E-state index contributed by atoms with van der Waals surface area (Å²) in [5, 5.41) is 11.3. The Morgan fingerprint density at radius 2 is 1.96 bits per heavy atom. The Morgan fingerprint density at radius 3 is 2.61 bits per heavy atom. The van der Waals surface area contributed by atoms with Gasteiger partial charge in [0.2, 0.25) is 0 Å². The summed E-state index contributed by atoms with van der Waals surface area (Å²) in [4.78, 5) is 12.8. The summed E-state index contributed by atoms with van der Waals surface area (Å²) in [5.74, 6) is 1.58. The highest BCUT2D eigenvalue weighted by Crippen LogP contribution is 2.28. The molecule has 0 fully saturated rings. The number of nitrogens with one attached hydrogen (secondary N) is 1. The Labute approximate surface area is 163 Å². The van der Waals surface area contributed by atoms with Crippen molar-refractivity contribution in [3.05, 3.63) is 47.0 Å². The first-order chi connectivity index (χ1) is 13.4. The van der Waals surface area contributed by atoms with Crippen molar-refractivity contribution in [2.24, 2.45) is 7.05 Å². The van der Waals surface area contributed by atoms with Gasteiger partial charge in [-0.25, -0.2) is 0 Å². The second-order valence-electron chi connectivity index (χ2n) is 6.46. The zero-order chi connectivity index (χ0) is 20.3. The maximum atomic E-state index is 12.8. The minimum atomic E-state index is -0.225. The van der Waals surface area contributed by atoms with Crippen LogP contribution >= 0.6 is 0 Å². The van der Waals surface area contributed by atoms with Crippen LogP contribution in [-0.4, -0.2) is 41.6 Å². The topological polar surface area (TPSA) is 91.4 Å². The largest absolute Gasteiger partial charge is 0.493 e. The molecule has 0 aliphatic carbocycles. The van der Waals surface area contributed by atoms with E-state index in [4.69, 9.17) is 14.0 Å². The summed E-state index contributed by atoms with van der Waals surface area (Å²) in [6, 6.07) is 5.70. The number of ether oxygens (including phenoxy) is 2. The number of carbonyl (C=O) groups is 1. The highest BCUT2D eigenvalue weighted by Gasteiger charge is 2.23. The molecule has 2 aromatic heterocycles. The Bertz CT molecular complexity index is 990. The predicted octanol–water partition coefficient (Wildman–Crippen LogP) is 2.68. The van der Waals surface area contributed by atoms with Crippen LogP contribution in [0.1, 0.15) is 27.4 Å². The van der Waals surface area contributed by atoms with E-state index < -0.39 is 0 Å². The number of hydrogen-bond acceptors (Lipinski definition) is 6. The first kappa shape index (κ1) is 19.5. The van der Waals surface area contributed by atoms with E-state index in [1.165, 1.54) is 0 Å². The van der Waals surface area contributed by atoms with E-state index >= 15 is 0 Å². The lowest BCUT2D eigenvalue weighted by Gasteiger charge is -2.10. The van der Waals surface area contributed by atoms with Crippen LogP contribution in [0.15, 0.2) is 28.9 Å². The van der Waals surface area contributed by atoms with Gasteiger partial charge in [0, 0.05) is 25.4 Å². The number of amides is 1. The molecule has 1 amide bonds. The van der Waals surface area contributed by atoms with E-state index in [-0.39, 0.29) is 5.91 Å². The van der Waals surface area contributed by atoms with Gasteiger partial charge in [0.05, 0.1) is 19.9 Å². The van der Waals surface area contributed by atoms with Gasteiger partial charge in [0.15, 0.2) is 11.5 Å². The molecule has 28 heavy (non-hydrogen) atoms. The van der Waals surface area contributed by atoms with Crippen LogP contribution in [0.2, 0.25) is 0 Å². The van der Waals surface area contributed by atoms with E-state index in [9.17, 15) is 4.79 Å². The van der Waals surface area contributed by atoms with Gasteiger partial charge in [-0.3, -0.25) is 9.48 Å². The third kappa shape index (κ3) is 3.85. The second-order valence-corrected chi connectivity index (χ2v) is 6.46. The maximum Gasteiger partial charge on any atom is 0.257 e. The molecule has 0 spiro atoms. The summed E-state index contributed by atoms with van der Waals surface area (Å²) in [6.45, 7) is 4.06. The smallest absolute Gasteiger partial charge is 0.257 e. The van der Waals surface area contributed by atoms with Crippen molar-refractivity contribution >= 4 is 5.91 Å². The lowest BCUT2D eigenvalue weighted by atomic mass is 10.1. The van der Waals surface area contributed by atoms with Crippen LogP contribution in [-0.2, 0) is 13.5 Å². The Morgan fingerprint density at radius 1 is 1.21 bits per heavy atom. The fraction of sp³-hybridized carbons (Fsp3) is 0.350. The Kier molecular flexibility index (Phi) is 5.67. The molecule has 148 valence electrons. The molecule has 0 saturated carbocycles. The molecule has 0 unspecified atom stereocenters. The van der Waals surface area contributed by atoms with Gasteiger partial charge in [0.1, 0.15) is 17.0 Å². The van der Waals surface area contributed by atoms with Crippen molar-refractivity contribution in [1.82, 2.24) is 20.3 Å². The summed E-state index contributed by atoms with van der Waals surface area (Å²) in [7, 11) is 5.02. The van der Waals surface area contributed by atoms with E-state index in [0.717, 1.165) is 16.8 Å². The van der Waals surface area contributed by atoms with E-state index in [1.54, 1.807) is 25.8 Å². The molecule has 8 heteroatoms. The number of nitrogens with zero attached hydrogens (tertiary/aromatic N) is 3. The van der Waals surface area contributed by atoms with Crippen molar-refractivity contribution in [3.8, 4) is 22.8 Å². The molecular weight excluding hydrogens is 360 g/mol. The van der Waals surface area contributed by atoms with Crippen molar-refractivity contribution < 1.29 is 18.8 Å². The maximum absolute atomic E-state index is 12.8. The van der Waals surface area contributed by atoms with Gasteiger partial charge in [-0.05, 0) is 38.0 Å². The van der Waals surface area contributed by atoms with E-state index in [1.807, 2.05) is 38.4 Å². The fourth-order valence-electron chi connectivity index (χ4n) is 3.10. The average molecular weight is 384 g/mol. The summed E-state index contributed by atoms with van der Waals surface area (Å²) >= 11 is 0. The number of aryl methyl sites for hydroxylation is 3. The van der Waals surface area contributed by atoms with Crippen LogP contribution in [0.4, 0.5) is 0 Å². The van der Waals surface area contributed by atoms with Gasteiger partial charge >= 0.3 is 0 Å². The first-order valence-electron chi connectivity index (χ1n) is 8.90.